The molecule has 0 N–H and O–H groups in total. The van der Waals surface area contributed by atoms with E-state index in [9.17, 15) is 14.0 Å². The molecular formula is C16H15FO3. The van der Waals surface area contributed by atoms with E-state index in [1.165, 1.54) is 12.1 Å². The molecule has 0 saturated heterocycles. The van der Waals surface area contributed by atoms with Crippen molar-refractivity contribution in [2.75, 3.05) is 6.61 Å². The van der Waals surface area contributed by atoms with Crippen molar-refractivity contribution in [1.82, 2.24) is 0 Å². The predicted octanol–water partition coefficient (Wildman–Crippen LogP) is 3.54. The van der Waals surface area contributed by atoms with Crippen molar-refractivity contribution in [3.8, 4) is 5.75 Å². The fourth-order valence-corrected chi connectivity index (χ4v) is 1.38. The molecule has 0 amide bonds. The molecule has 0 spiro atoms. The standard InChI is InChI=1S/C9H10O2.C7H5FO/c1-2-11-9-5-3-8(7-10)4-6-9;8-7-4-2-1-3-6(7)5-9/h3-7H,2H2,1H3;1-5H. The summed E-state index contributed by atoms with van der Waals surface area (Å²) in [5.41, 5.74) is 0.783. The lowest BCUT2D eigenvalue weighted by atomic mass is 10.2. The molecule has 0 aliphatic heterocycles. The molecule has 104 valence electrons. The molecule has 0 aliphatic carbocycles. The van der Waals surface area contributed by atoms with Gasteiger partial charge < -0.3 is 4.74 Å². The van der Waals surface area contributed by atoms with Gasteiger partial charge in [-0.15, -0.1) is 0 Å². The fourth-order valence-electron chi connectivity index (χ4n) is 1.38. The zero-order valence-electron chi connectivity index (χ0n) is 11.1. The average Bonchev–Trinajstić information content (AvgIpc) is 2.49. The summed E-state index contributed by atoms with van der Waals surface area (Å²) in [4.78, 5) is 20.2. The van der Waals surface area contributed by atoms with Crippen LogP contribution in [0.4, 0.5) is 4.39 Å². The number of aldehydes is 2. The molecule has 0 unspecified atom stereocenters. The van der Waals surface area contributed by atoms with Crippen LogP contribution in [0.5, 0.6) is 5.75 Å². The first-order valence-electron chi connectivity index (χ1n) is 6.09. The molecule has 0 atom stereocenters. The van der Waals surface area contributed by atoms with Gasteiger partial charge in [0.25, 0.3) is 0 Å². The van der Waals surface area contributed by atoms with Crippen LogP contribution in [0, 0.1) is 5.82 Å². The van der Waals surface area contributed by atoms with Crippen molar-refractivity contribution in [3.05, 3.63) is 65.5 Å². The molecule has 20 heavy (non-hydrogen) atoms. The second kappa shape index (κ2) is 8.58. The molecular weight excluding hydrogens is 259 g/mol. The maximum atomic E-state index is 12.4. The molecule has 0 aliphatic rings. The lowest BCUT2D eigenvalue weighted by Crippen LogP contribution is -1.90. The Morgan fingerprint density at radius 1 is 1.00 bits per heavy atom. The Bertz CT molecular complexity index is 550. The monoisotopic (exact) mass is 274 g/mol. The van der Waals surface area contributed by atoms with Gasteiger partial charge in [-0.2, -0.15) is 0 Å². The van der Waals surface area contributed by atoms with Gasteiger partial charge in [0.2, 0.25) is 0 Å². The summed E-state index contributed by atoms with van der Waals surface area (Å²) in [7, 11) is 0. The van der Waals surface area contributed by atoms with Gasteiger partial charge in [-0.25, -0.2) is 4.39 Å². The average molecular weight is 274 g/mol. The van der Waals surface area contributed by atoms with Crippen LogP contribution in [-0.2, 0) is 0 Å². The van der Waals surface area contributed by atoms with Gasteiger partial charge in [0, 0.05) is 5.56 Å². The highest BCUT2D eigenvalue weighted by Crippen LogP contribution is 2.10. The van der Waals surface area contributed by atoms with Crippen molar-refractivity contribution < 1.29 is 18.7 Å². The van der Waals surface area contributed by atoms with E-state index in [0.29, 0.717) is 18.5 Å². The normalized spacial score (nSPS) is 9.10. The molecule has 2 aromatic rings. The highest BCUT2D eigenvalue weighted by atomic mass is 19.1. The number of carbonyl (C=O) groups excluding carboxylic acids is 2. The summed E-state index contributed by atoms with van der Waals surface area (Å²) in [5, 5.41) is 0. The van der Waals surface area contributed by atoms with Crippen LogP contribution in [0.15, 0.2) is 48.5 Å². The zero-order chi connectivity index (χ0) is 14.8. The van der Waals surface area contributed by atoms with Crippen LogP contribution in [0.1, 0.15) is 27.6 Å². The number of halogens is 1. The van der Waals surface area contributed by atoms with Crippen LogP contribution in [0.3, 0.4) is 0 Å². The molecule has 2 aromatic carbocycles. The number of hydrogen-bond acceptors (Lipinski definition) is 3. The highest BCUT2D eigenvalue weighted by molar-refractivity contribution is 5.75. The molecule has 0 fully saturated rings. The van der Waals surface area contributed by atoms with Crippen LogP contribution in [-0.4, -0.2) is 19.2 Å². The quantitative estimate of drug-likeness (QED) is 0.801. The van der Waals surface area contributed by atoms with Gasteiger partial charge in [-0.3, -0.25) is 9.59 Å². The van der Waals surface area contributed by atoms with E-state index in [0.717, 1.165) is 12.0 Å². The van der Waals surface area contributed by atoms with Crippen molar-refractivity contribution in [2.45, 2.75) is 6.92 Å². The number of hydrogen-bond donors (Lipinski definition) is 0. The van der Waals surface area contributed by atoms with Gasteiger partial charge in [0.05, 0.1) is 12.2 Å². The summed E-state index contributed by atoms with van der Waals surface area (Å²) < 4.78 is 17.5. The van der Waals surface area contributed by atoms with Gasteiger partial charge in [0.15, 0.2) is 6.29 Å². The van der Waals surface area contributed by atoms with Gasteiger partial charge >= 0.3 is 0 Å². The Morgan fingerprint density at radius 3 is 2.10 bits per heavy atom. The second-order valence-electron chi connectivity index (χ2n) is 3.76. The fraction of sp³-hybridized carbons (Fsp3) is 0.125. The first-order valence-corrected chi connectivity index (χ1v) is 6.09. The smallest absolute Gasteiger partial charge is 0.152 e. The Hall–Kier alpha value is -2.49. The Kier molecular flexibility index (Phi) is 6.68. The van der Waals surface area contributed by atoms with Gasteiger partial charge in [-0.1, -0.05) is 12.1 Å². The number of carbonyl (C=O) groups is 2. The van der Waals surface area contributed by atoms with E-state index in [-0.39, 0.29) is 5.56 Å². The Morgan fingerprint density at radius 2 is 1.65 bits per heavy atom. The van der Waals surface area contributed by atoms with Crippen molar-refractivity contribution in [3.63, 3.8) is 0 Å². The third-order valence-corrected chi connectivity index (χ3v) is 2.36. The topological polar surface area (TPSA) is 43.4 Å². The van der Waals surface area contributed by atoms with Crippen molar-refractivity contribution in [2.24, 2.45) is 0 Å². The van der Waals surface area contributed by atoms with Crippen LogP contribution in [0.25, 0.3) is 0 Å². The van der Waals surface area contributed by atoms with E-state index in [1.54, 1.807) is 36.4 Å². The molecule has 4 heteroatoms. The maximum Gasteiger partial charge on any atom is 0.152 e. The number of ether oxygens (including phenoxy) is 1. The molecule has 0 aromatic heterocycles. The van der Waals surface area contributed by atoms with Gasteiger partial charge in [-0.05, 0) is 43.3 Å². The molecule has 2 rings (SSSR count). The van der Waals surface area contributed by atoms with E-state index in [1.807, 2.05) is 6.92 Å². The molecule has 0 saturated carbocycles. The second-order valence-corrected chi connectivity index (χ2v) is 3.76. The molecule has 0 radical (unpaired) electrons. The van der Waals surface area contributed by atoms with Crippen LogP contribution < -0.4 is 4.74 Å². The third kappa shape index (κ3) is 5.02. The van der Waals surface area contributed by atoms with Crippen molar-refractivity contribution in [1.29, 1.82) is 0 Å². The largest absolute Gasteiger partial charge is 0.494 e. The molecule has 0 bridgehead atoms. The van der Waals surface area contributed by atoms with Crippen molar-refractivity contribution >= 4 is 12.6 Å². The minimum Gasteiger partial charge on any atom is -0.494 e. The van der Waals surface area contributed by atoms with E-state index >= 15 is 0 Å². The summed E-state index contributed by atoms with van der Waals surface area (Å²) in [6.45, 7) is 2.58. The number of benzene rings is 2. The predicted molar refractivity (Wildman–Crippen MR) is 74.8 cm³/mol. The Balaban J connectivity index is 0.000000204. The lowest BCUT2D eigenvalue weighted by molar-refractivity contribution is 0.111. The van der Waals surface area contributed by atoms with Gasteiger partial charge in [0.1, 0.15) is 17.9 Å². The third-order valence-electron chi connectivity index (χ3n) is 2.36. The zero-order valence-corrected chi connectivity index (χ0v) is 11.1. The SMILES string of the molecule is CCOc1ccc(C=O)cc1.O=Cc1ccccc1F. The number of rotatable bonds is 4. The van der Waals surface area contributed by atoms with E-state index < -0.39 is 5.82 Å². The van der Waals surface area contributed by atoms with Crippen LogP contribution >= 0.6 is 0 Å². The summed E-state index contributed by atoms with van der Waals surface area (Å²) in [6.07, 6.45) is 1.31. The summed E-state index contributed by atoms with van der Waals surface area (Å²) in [5.74, 6) is 0.339. The summed E-state index contributed by atoms with van der Waals surface area (Å²) in [6, 6.07) is 12.9. The maximum absolute atomic E-state index is 12.4. The first-order chi connectivity index (χ1) is 9.71. The minimum absolute atomic E-state index is 0.109. The highest BCUT2D eigenvalue weighted by Gasteiger charge is 1.94. The first kappa shape index (κ1) is 15.6. The minimum atomic E-state index is -0.465. The Labute approximate surface area is 117 Å². The van der Waals surface area contributed by atoms with E-state index in [2.05, 4.69) is 0 Å². The molecule has 3 nitrogen and oxygen atoms in total. The van der Waals surface area contributed by atoms with E-state index in [4.69, 9.17) is 4.74 Å². The molecule has 0 heterocycles. The summed E-state index contributed by atoms with van der Waals surface area (Å²) >= 11 is 0. The lowest BCUT2D eigenvalue weighted by Gasteiger charge is -2.00. The van der Waals surface area contributed by atoms with Crippen LogP contribution in [0.2, 0.25) is 0 Å².